The zero-order valence-corrected chi connectivity index (χ0v) is 12.9. The number of hydrogen-bond acceptors (Lipinski definition) is 2. The molecule has 114 valence electrons. The zero-order chi connectivity index (χ0) is 16.1. The maximum atomic E-state index is 10.5. The number of phenols is 1. The largest absolute Gasteiger partial charge is 0.507 e. The molecular formula is C22H14O2. The summed E-state index contributed by atoms with van der Waals surface area (Å²) in [5.74, 6) is 0.233. The van der Waals surface area contributed by atoms with E-state index in [1.807, 2.05) is 48.5 Å². The first-order valence-corrected chi connectivity index (χ1v) is 7.93. The van der Waals surface area contributed by atoms with Gasteiger partial charge in [0.2, 0.25) is 0 Å². The minimum atomic E-state index is 0.233. The predicted octanol–water partition coefficient (Wildman–Crippen LogP) is 6.11. The number of rotatable bonds is 1. The highest BCUT2D eigenvalue weighted by molar-refractivity contribution is 6.07. The molecule has 0 atom stereocenters. The summed E-state index contributed by atoms with van der Waals surface area (Å²) in [6.45, 7) is 0. The zero-order valence-electron chi connectivity index (χ0n) is 12.9. The molecule has 0 saturated heterocycles. The number of fused-ring (bicyclic) bond motifs is 4. The summed E-state index contributed by atoms with van der Waals surface area (Å²) < 4.78 is 5.83. The molecule has 2 nitrogen and oxygen atoms in total. The Morgan fingerprint density at radius 3 is 2.33 bits per heavy atom. The number of aromatic hydroxyl groups is 1. The lowest BCUT2D eigenvalue weighted by atomic mass is 9.99. The maximum absolute atomic E-state index is 10.5. The second kappa shape index (κ2) is 4.87. The SMILES string of the molecule is Oc1cc2oc3ccccc3c2cc1-c1ccc2ccccc2c1. The third-order valence-electron chi connectivity index (χ3n) is 4.56. The van der Waals surface area contributed by atoms with Gasteiger partial charge in [-0.2, -0.15) is 0 Å². The molecule has 2 heteroatoms. The van der Waals surface area contributed by atoms with E-state index in [0.717, 1.165) is 32.9 Å². The molecule has 5 aromatic rings. The topological polar surface area (TPSA) is 33.4 Å². The normalized spacial score (nSPS) is 11.5. The fraction of sp³-hybridized carbons (Fsp3) is 0. The molecule has 0 aliphatic rings. The number of furan rings is 1. The van der Waals surface area contributed by atoms with Crippen molar-refractivity contribution in [2.24, 2.45) is 0 Å². The van der Waals surface area contributed by atoms with Gasteiger partial charge in [-0.15, -0.1) is 0 Å². The van der Waals surface area contributed by atoms with Gasteiger partial charge in [0.05, 0.1) is 0 Å². The lowest BCUT2D eigenvalue weighted by Gasteiger charge is -2.07. The Kier molecular flexibility index (Phi) is 2.68. The molecule has 0 bridgehead atoms. The van der Waals surface area contributed by atoms with E-state index in [-0.39, 0.29) is 5.75 Å². The lowest BCUT2D eigenvalue weighted by Crippen LogP contribution is -1.81. The summed E-state index contributed by atoms with van der Waals surface area (Å²) in [5.41, 5.74) is 3.36. The molecule has 1 heterocycles. The van der Waals surface area contributed by atoms with Crippen LogP contribution in [-0.2, 0) is 0 Å². The van der Waals surface area contributed by atoms with Crippen molar-refractivity contribution in [1.29, 1.82) is 0 Å². The molecule has 1 N–H and O–H groups in total. The molecule has 0 fully saturated rings. The Bertz CT molecular complexity index is 1210. The number of phenolic OH excluding ortho intramolecular Hbond substituents is 1. The van der Waals surface area contributed by atoms with Crippen LogP contribution in [0.15, 0.2) is 83.3 Å². The fourth-order valence-electron chi connectivity index (χ4n) is 3.35. The van der Waals surface area contributed by atoms with E-state index in [4.69, 9.17) is 4.42 Å². The predicted molar refractivity (Wildman–Crippen MR) is 98.3 cm³/mol. The highest BCUT2D eigenvalue weighted by Gasteiger charge is 2.12. The third kappa shape index (κ3) is 1.90. The van der Waals surface area contributed by atoms with E-state index >= 15 is 0 Å². The summed E-state index contributed by atoms with van der Waals surface area (Å²) in [7, 11) is 0. The minimum Gasteiger partial charge on any atom is -0.507 e. The van der Waals surface area contributed by atoms with Crippen molar-refractivity contribution in [2.75, 3.05) is 0 Å². The number of para-hydroxylation sites is 1. The molecule has 0 radical (unpaired) electrons. The van der Waals surface area contributed by atoms with Crippen LogP contribution in [0, 0.1) is 0 Å². The van der Waals surface area contributed by atoms with Gasteiger partial charge in [-0.25, -0.2) is 0 Å². The van der Waals surface area contributed by atoms with E-state index in [2.05, 4.69) is 24.3 Å². The molecule has 24 heavy (non-hydrogen) atoms. The fourth-order valence-corrected chi connectivity index (χ4v) is 3.35. The maximum Gasteiger partial charge on any atom is 0.139 e. The van der Waals surface area contributed by atoms with E-state index in [1.54, 1.807) is 6.07 Å². The standard InChI is InChI=1S/C22H14O2/c23-20-13-22-19(17-7-3-4-8-21(17)24-22)12-18(20)16-10-9-14-5-1-2-6-15(14)11-16/h1-13,23H. The first kappa shape index (κ1) is 13.2. The van der Waals surface area contributed by atoms with Crippen LogP contribution >= 0.6 is 0 Å². The molecule has 0 aliphatic heterocycles. The van der Waals surface area contributed by atoms with Crippen molar-refractivity contribution in [2.45, 2.75) is 0 Å². The Labute approximate surface area is 138 Å². The highest BCUT2D eigenvalue weighted by Crippen LogP contribution is 2.38. The summed E-state index contributed by atoms with van der Waals surface area (Å²) >= 11 is 0. The minimum absolute atomic E-state index is 0.233. The average Bonchev–Trinajstić information content (AvgIpc) is 2.98. The van der Waals surface area contributed by atoms with Gasteiger partial charge >= 0.3 is 0 Å². The van der Waals surface area contributed by atoms with Crippen LogP contribution in [0.1, 0.15) is 0 Å². The highest BCUT2D eigenvalue weighted by atomic mass is 16.3. The molecule has 0 amide bonds. The van der Waals surface area contributed by atoms with Gasteiger partial charge in [0.25, 0.3) is 0 Å². The van der Waals surface area contributed by atoms with Crippen molar-refractivity contribution in [1.82, 2.24) is 0 Å². The third-order valence-corrected chi connectivity index (χ3v) is 4.56. The van der Waals surface area contributed by atoms with Crippen molar-refractivity contribution in [3.8, 4) is 16.9 Å². The van der Waals surface area contributed by atoms with Gasteiger partial charge in [-0.1, -0.05) is 54.6 Å². The molecule has 0 unspecified atom stereocenters. The van der Waals surface area contributed by atoms with Crippen molar-refractivity contribution in [3.05, 3.63) is 78.9 Å². The van der Waals surface area contributed by atoms with Crippen LogP contribution in [0.2, 0.25) is 0 Å². The second-order valence-corrected chi connectivity index (χ2v) is 6.03. The molecule has 0 spiro atoms. The quantitative estimate of drug-likeness (QED) is 0.405. The van der Waals surface area contributed by atoms with Crippen molar-refractivity contribution >= 4 is 32.7 Å². The second-order valence-electron chi connectivity index (χ2n) is 6.03. The smallest absolute Gasteiger partial charge is 0.139 e. The van der Waals surface area contributed by atoms with Crippen LogP contribution in [0.25, 0.3) is 43.8 Å². The summed E-state index contributed by atoms with van der Waals surface area (Å²) in [4.78, 5) is 0. The monoisotopic (exact) mass is 310 g/mol. The summed E-state index contributed by atoms with van der Waals surface area (Å²) in [6.07, 6.45) is 0. The summed E-state index contributed by atoms with van der Waals surface area (Å²) in [6, 6.07) is 26.1. The van der Waals surface area contributed by atoms with Gasteiger partial charge in [0, 0.05) is 22.4 Å². The van der Waals surface area contributed by atoms with Crippen LogP contribution in [0.3, 0.4) is 0 Å². The van der Waals surface area contributed by atoms with E-state index in [9.17, 15) is 5.11 Å². The average molecular weight is 310 g/mol. The van der Waals surface area contributed by atoms with Crippen molar-refractivity contribution in [3.63, 3.8) is 0 Å². The Morgan fingerprint density at radius 2 is 1.42 bits per heavy atom. The molecule has 0 aliphatic carbocycles. The van der Waals surface area contributed by atoms with Gasteiger partial charge in [0.1, 0.15) is 16.9 Å². The van der Waals surface area contributed by atoms with E-state index in [1.165, 1.54) is 5.39 Å². The molecule has 5 rings (SSSR count). The number of hydrogen-bond donors (Lipinski definition) is 1. The van der Waals surface area contributed by atoms with E-state index in [0.29, 0.717) is 5.58 Å². The van der Waals surface area contributed by atoms with E-state index < -0.39 is 0 Å². The first-order valence-electron chi connectivity index (χ1n) is 7.93. The first-order chi connectivity index (χ1) is 11.8. The van der Waals surface area contributed by atoms with Gasteiger partial charge in [-0.3, -0.25) is 0 Å². The Hall–Kier alpha value is -3.26. The molecule has 1 aromatic heterocycles. The molecule has 4 aromatic carbocycles. The molecular weight excluding hydrogens is 296 g/mol. The molecule has 0 saturated carbocycles. The van der Waals surface area contributed by atoms with Gasteiger partial charge in [-0.05, 0) is 34.5 Å². The summed E-state index contributed by atoms with van der Waals surface area (Å²) in [5, 5.41) is 14.9. The van der Waals surface area contributed by atoms with Gasteiger partial charge < -0.3 is 9.52 Å². The van der Waals surface area contributed by atoms with Gasteiger partial charge in [0.15, 0.2) is 0 Å². The number of benzene rings is 4. The Balaban J connectivity index is 1.80. The van der Waals surface area contributed by atoms with Crippen LogP contribution < -0.4 is 0 Å². The van der Waals surface area contributed by atoms with Crippen molar-refractivity contribution < 1.29 is 9.52 Å². The van der Waals surface area contributed by atoms with Crippen LogP contribution in [0.5, 0.6) is 5.75 Å². The Morgan fingerprint density at radius 1 is 0.625 bits per heavy atom. The van der Waals surface area contributed by atoms with Crippen LogP contribution in [0.4, 0.5) is 0 Å². The van der Waals surface area contributed by atoms with Crippen LogP contribution in [-0.4, -0.2) is 5.11 Å². The lowest BCUT2D eigenvalue weighted by molar-refractivity contribution is 0.477.